The average molecular weight is 431 g/mol. The van der Waals surface area contributed by atoms with Crippen LogP contribution in [0.3, 0.4) is 0 Å². The van der Waals surface area contributed by atoms with Gasteiger partial charge in [-0.25, -0.2) is 4.39 Å². The standard InChI is InChI=1S/C24H18FN3O4/c25-17-8-6-15(7-9-17)13-26-21(29)14-28-20-11-10-18(12-19(20)22(30)24(28)32)27-23(31)16-4-2-1-3-5-16/h1-12H,13-14H2,(H,26,29)(H,27,31). The summed E-state index contributed by atoms with van der Waals surface area (Å²) in [7, 11) is 0. The smallest absolute Gasteiger partial charge is 0.299 e. The molecule has 0 radical (unpaired) electrons. The quantitative estimate of drug-likeness (QED) is 0.587. The molecule has 0 atom stereocenters. The van der Waals surface area contributed by atoms with Gasteiger partial charge in [-0.15, -0.1) is 0 Å². The van der Waals surface area contributed by atoms with Crippen molar-refractivity contribution in [3.63, 3.8) is 0 Å². The summed E-state index contributed by atoms with van der Waals surface area (Å²) in [5, 5.41) is 5.34. The Morgan fingerprint density at radius 2 is 1.62 bits per heavy atom. The van der Waals surface area contributed by atoms with Crippen molar-refractivity contribution in [1.29, 1.82) is 0 Å². The molecule has 0 spiro atoms. The first-order chi connectivity index (χ1) is 15.4. The lowest BCUT2D eigenvalue weighted by Crippen LogP contribution is -2.39. The minimum atomic E-state index is -0.816. The Bertz CT molecular complexity index is 1210. The van der Waals surface area contributed by atoms with E-state index in [-0.39, 0.29) is 30.4 Å². The molecular weight excluding hydrogens is 413 g/mol. The Hall–Kier alpha value is -4.33. The number of rotatable bonds is 6. The van der Waals surface area contributed by atoms with Gasteiger partial charge < -0.3 is 10.6 Å². The number of carbonyl (C=O) groups excluding carboxylic acids is 4. The number of fused-ring (bicyclic) bond motifs is 1. The first-order valence-electron chi connectivity index (χ1n) is 9.80. The van der Waals surface area contributed by atoms with E-state index in [1.165, 1.54) is 24.3 Å². The van der Waals surface area contributed by atoms with Crippen molar-refractivity contribution in [3.05, 3.63) is 95.3 Å². The zero-order chi connectivity index (χ0) is 22.7. The number of halogens is 1. The van der Waals surface area contributed by atoms with Crippen LogP contribution < -0.4 is 15.5 Å². The molecule has 2 N–H and O–H groups in total. The summed E-state index contributed by atoms with van der Waals surface area (Å²) < 4.78 is 13.0. The number of amides is 3. The predicted molar refractivity (Wildman–Crippen MR) is 116 cm³/mol. The molecule has 0 unspecified atom stereocenters. The number of nitrogens with zero attached hydrogens (tertiary/aromatic N) is 1. The summed E-state index contributed by atoms with van der Waals surface area (Å²) >= 11 is 0. The number of ketones is 1. The van der Waals surface area contributed by atoms with E-state index in [1.54, 1.807) is 48.5 Å². The van der Waals surface area contributed by atoms with Crippen LogP contribution in [-0.2, 0) is 16.1 Å². The molecule has 8 heteroatoms. The van der Waals surface area contributed by atoms with Crippen molar-refractivity contribution in [2.45, 2.75) is 6.54 Å². The summed E-state index contributed by atoms with van der Waals surface area (Å²) in [5.41, 5.74) is 1.93. The van der Waals surface area contributed by atoms with Crippen LogP contribution in [0.2, 0.25) is 0 Å². The lowest BCUT2D eigenvalue weighted by molar-refractivity contribution is -0.122. The third kappa shape index (κ3) is 4.39. The van der Waals surface area contributed by atoms with Gasteiger partial charge in [0.05, 0.1) is 11.3 Å². The predicted octanol–water partition coefficient (Wildman–Crippen LogP) is 2.92. The third-order valence-electron chi connectivity index (χ3n) is 4.97. The van der Waals surface area contributed by atoms with Crippen molar-refractivity contribution in [2.75, 3.05) is 16.8 Å². The Balaban J connectivity index is 1.44. The molecule has 3 aromatic rings. The maximum absolute atomic E-state index is 13.0. The van der Waals surface area contributed by atoms with Gasteiger partial charge in [0.15, 0.2) is 0 Å². The van der Waals surface area contributed by atoms with E-state index in [0.29, 0.717) is 22.5 Å². The Morgan fingerprint density at radius 3 is 2.34 bits per heavy atom. The van der Waals surface area contributed by atoms with Gasteiger partial charge in [-0.2, -0.15) is 0 Å². The van der Waals surface area contributed by atoms with Crippen LogP contribution >= 0.6 is 0 Å². The molecule has 7 nitrogen and oxygen atoms in total. The highest BCUT2D eigenvalue weighted by Gasteiger charge is 2.37. The third-order valence-corrected chi connectivity index (χ3v) is 4.97. The molecule has 0 bridgehead atoms. The highest BCUT2D eigenvalue weighted by Crippen LogP contribution is 2.31. The van der Waals surface area contributed by atoms with E-state index in [9.17, 15) is 23.6 Å². The van der Waals surface area contributed by atoms with Crippen molar-refractivity contribution in [3.8, 4) is 0 Å². The number of hydrogen-bond donors (Lipinski definition) is 2. The van der Waals surface area contributed by atoms with Crippen LogP contribution in [0.1, 0.15) is 26.3 Å². The fourth-order valence-electron chi connectivity index (χ4n) is 3.33. The van der Waals surface area contributed by atoms with Crippen molar-refractivity contribution in [1.82, 2.24) is 5.32 Å². The summed E-state index contributed by atoms with van der Waals surface area (Å²) in [4.78, 5) is 50.6. The van der Waals surface area contributed by atoms with E-state index in [2.05, 4.69) is 10.6 Å². The first kappa shape index (κ1) is 20.9. The number of nitrogens with one attached hydrogen (secondary N) is 2. The lowest BCUT2D eigenvalue weighted by atomic mass is 10.1. The Kier molecular flexibility index (Phi) is 5.76. The zero-order valence-electron chi connectivity index (χ0n) is 16.8. The summed E-state index contributed by atoms with van der Waals surface area (Å²) in [6.45, 7) is -0.180. The van der Waals surface area contributed by atoms with Gasteiger partial charge in [0, 0.05) is 17.8 Å². The Morgan fingerprint density at radius 1 is 0.906 bits per heavy atom. The van der Waals surface area contributed by atoms with Gasteiger partial charge in [-0.3, -0.25) is 24.1 Å². The maximum atomic E-state index is 13.0. The lowest BCUT2D eigenvalue weighted by Gasteiger charge is -2.16. The van der Waals surface area contributed by atoms with Crippen LogP contribution in [0, 0.1) is 5.82 Å². The summed E-state index contributed by atoms with van der Waals surface area (Å²) in [5.74, 6) is -2.76. The molecule has 3 amide bonds. The van der Waals surface area contributed by atoms with Gasteiger partial charge >= 0.3 is 0 Å². The summed E-state index contributed by atoms with van der Waals surface area (Å²) in [6.07, 6.45) is 0. The fourth-order valence-corrected chi connectivity index (χ4v) is 3.33. The minimum absolute atomic E-state index is 0.118. The Labute approximate surface area is 182 Å². The largest absolute Gasteiger partial charge is 0.350 e. The highest BCUT2D eigenvalue weighted by molar-refractivity contribution is 6.52. The normalized spacial score (nSPS) is 12.5. The zero-order valence-corrected chi connectivity index (χ0v) is 16.8. The number of anilines is 2. The van der Waals surface area contributed by atoms with Gasteiger partial charge in [-0.1, -0.05) is 30.3 Å². The van der Waals surface area contributed by atoms with Crippen molar-refractivity contribution < 1.29 is 23.6 Å². The van der Waals surface area contributed by atoms with Gasteiger partial charge in [0.25, 0.3) is 17.6 Å². The molecular formula is C24H18FN3O4. The average Bonchev–Trinajstić information content (AvgIpc) is 3.03. The molecule has 4 rings (SSSR count). The molecule has 32 heavy (non-hydrogen) atoms. The molecule has 3 aromatic carbocycles. The van der Waals surface area contributed by atoms with Gasteiger partial charge in [-0.05, 0) is 48.0 Å². The number of benzene rings is 3. The van der Waals surface area contributed by atoms with Crippen LogP contribution in [0.5, 0.6) is 0 Å². The molecule has 0 fully saturated rings. The van der Waals surface area contributed by atoms with Crippen LogP contribution in [0.4, 0.5) is 15.8 Å². The molecule has 160 valence electrons. The van der Waals surface area contributed by atoms with Crippen molar-refractivity contribution >= 4 is 34.9 Å². The second-order valence-electron chi connectivity index (χ2n) is 7.18. The number of Topliss-reactive ketones (excluding diaryl/α,β-unsaturated/α-hetero) is 1. The monoisotopic (exact) mass is 431 g/mol. The molecule has 0 saturated heterocycles. The van der Waals surface area contributed by atoms with E-state index in [4.69, 9.17) is 0 Å². The number of hydrogen-bond acceptors (Lipinski definition) is 4. The van der Waals surface area contributed by atoms with E-state index in [1.807, 2.05) is 0 Å². The van der Waals surface area contributed by atoms with E-state index in [0.717, 1.165) is 4.90 Å². The van der Waals surface area contributed by atoms with Crippen LogP contribution in [0.15, 0.2) is 72.8 Å². The first-order valence-corrected chi connectivity index (χ1v) is 9.80. The maximum Gasteiger partial charge on any atom is 0.299 e. The van der Waals surface area contributed by atoms with E-state index < -0.39 is 17.6 Å². The highest BCUT2D eigenvalue weighted by atomic mass is 19.1. The molecule has 0 aliphatic carbocycles. The van der Waals surface area contributed by atoms with Crippen molar-refractivity contribution in [2.24, 2.45) is 0 Å². The molecule has 0 saturated carbocycles. The molecule has 1 aliphatic heterocycles. The van der Waals surface area contributed by atoms with Gasteiger partial charge in [0.2, 0.25) is 5.91 Å². The summed E-state index contributed by atoms with van der Waals surface area (Å²) in [6, 6.07) is 18.7. The van der Waals surface area contributed by atoms with Crippen LogP contribution in [0.25, 0.3) is 0 Å². The minimum Gasteiger partial charge on any atom is -0.350 e. The second kappa shape index (κ2) is 8.81. The van der Waals surface area contributed by atoms with E-state index >= 15 is 0 Å². The topological polar surface area (TPSA) is 95.6 Å². The molecule has 0 aromatic heterocycles. The second-order valence-corrected chi connectivity index (χ2v) is 7.18. The fraction of sp³-hybridized carbons (Fsp3) is 0.0833. The SMILES string of the molecule is O=C(CN1C(=O)C(=O)c2cc(NC(=O)c3ccccc3)ccc21)NCc1ccc(F)cc1. The van der Waals surface area contributed by atoms with Gasteiger partial charge in [0.1, 0.15) is 12.4 Å². The number of carbonyl (C=O) groups is 4. The van der Waals surface area contributed by atoms with Crippen LogP contribution in [-0.4, -0.2) is 30.0 Å². The molecule has 1 aliphatic rings. The molecule has 1 heterocycles.